The fraction of sp³-hybridized carbons (Fsp3) is 0.714. The smallest absolute Gasteiger partial charge is 0.273 e. The minimum atomic E-state index is -0.207. The first-order valence-electron chi connectivity index (χ1n) is 7.14. The zero-order valence-electron chi connectivity index (χ0n) is 11.0. The Balaban J connectivity index is 1.67. The summed E-state index contributed by atoms with van der Waals surface area (Å²) in [6.07, 6.45) is 8.03. The Bertz CT molecular complexity index is 447. The molecule has 1 aromatic rings. The maximum atomic E-state index is 12.2. The van der Waals surface area contributed by atoms with E-state index >= 15 is 0 Å². The standard InChI is InChI=1S/C14H20N2O3/c17-7-11(9-3-1-2-4-9)16-14(18)12-13(10-5-6-10)19-8-15-12/h8-11,17H,1-7H2,(H,16,18)/t11-/m0/s1. The topological polar surface area (TPSA) is 75.4 Å². The van der Waals surface area contributed by atoms with Gasteiger partial charge in [-0.05, 0) is 31.6 Å². The molecule has 1 aromatic heterocycles. The highest BCUT2D eigenvalue weighted by molar-refractivity contribution is 5.93. The van der Waals surface area contributed by atoms with Crippen LogP contribution in [0.1, 0.15) is 60.7 Å². The van der Waals surface area contributed by atoms with Gasteiger partial charge in [-0.15, -0.1) is 0 Å². The predicted octanol–water partition coefficient (Wildman–Crippen LogP) is 1.83. The molecule has 0 radical (unpaired) electrons. The maximum absolute atomic E-state index is 12.2. The average Bonchev–Trinajstić information content (AvgIpc) is 2.96. The van der Waals surface area contributed by atoms with Crippen molar-refractivity contribution >= 4 is 5.91 Å². The van der Waals surface area contributed by atoms with E-state index in [1.54, 1.807) is 0 Å². The first-order valence-corrected chi connectivity index (χ1v) is 7.14. The fourth-order valence-corrected chi connectivity index (χ4v) is 2.97. The Kier molecular flexibility index (Phi) is 3.55. The minimum Gasteiger partial charge on any atom is -0.447 e. The summed E-state index contributed by atoms with van der Waals surface area (Å²) in [5.74, 6) is 1.26. The van der Waals surface area contributed by atoms with Gasteiger partial charge in [-0.2, -0.15) is 0 Å². The number of aliphatic hydroxyl groups excluding tert-OH is 1. The molecule has 0 bridgehead atoms. The van der Waals surface area contributed by atoms with Crippen LogP contribution >= 0.6 is 0 Å². The second-order valence-corrected chi connectivity index (χ2v) is 5.65. The summed E-state index contributed by atoms with van der Waals surface area (Å²) in [6.45, 7) is -0.00692. The molecular formula is C14H20N2O3. The third-order valence-corrected chi connectivity index (χ3v) is 4.24. The number of nitrogens with one attached hydrogen (secondary N) is 1. The Morgan fingerprint density at radius 3 is 2.79 bits per heavy atom. The van der Waals surface area contributed by atoms with Crippen molar-refractivity contribution in [2.24, 2.45) is 5.92 Å². The van der Waals surface area contributed by atoms with E-state index in [1.165, 1.54) is 19.2 Å². The van der Waals surface area contributed by atoms with Gasteiger partial charge in [0.2, 0.25) is 0 Å². The van der Waals surface area contributed by atoms with E-state index in [4.69, 9.17) is 4.42 Å². The van der Waals surface area contributed by atoms with Gasteiger partial charge in [0.1, 0.15) is 5.76 Å². The van der Waals surface area contributed by atoms with Gasteiger partial charge in [0.25, 0.3) is 5.91 Å². The van der Waals surface area contributed by atoms with Crippen LogP contribution in [0.15, 0.2) is 10.8 Å². The van der Waals surface area contributed by atoms with Crippen LogP contribution in [0.5, 0.6) is 0 Å². The lowest BCUT2D eigenvalue weighted by molar-refractivity contribution is 0.0883. The molecule has 0 spiro atoms. The van der Waals surface area contributed by atoms with Crippen molar-refractivity contribution in [3.8, 4) is 0 Å². The third kappa shape index (κ3) is 2.66. The molecule has 2 fully saturated rings. The number of carbonyl (C=O) groups excluding carboxylic acids is 1. The van der Waals surface area contributed by atoms with E-state index in [0.29, 0.717) is 23.3 Å². The molecule has 19 heavy (non-hydrogen) atoms. The second kappa shape index (κ2) is 5.33. The first-order chi connectivity index (χ1) is 9.29. The molecule has 0 aliphatic heterocycles. The number of nitrogens with zero attached hydrogens (tertiary/aromatic N) is 1. The molecule has 0 saturated heterocycles. The third-order valence-electron chi connectivity index (χ3n) is 4.24. The predicted molar refractivity (Wildman–Crippen MR) is 68.8 cm³/mol. The van der Waals surface area contributed by atoms with E-state index in [9.17, 15) is 9.90 Å². The lowest BCUT2D eigenvalue weighted by atomic mass is 9.98. The molecule has 2 aliphatic carbocycles. The summed E-state index contributed by atoms with van der Waals surface area (Å²) in [5, 5.41) is 12.4. The number of hydrogen-bond donors (Lipinski definition) is 2. The van der Waals surface area contributed by atoms with Crippen molar-refractivity contribution in [3.05, 3.63) is 17.8 Å². The molecule has 5 heteroatoms. The van der Waals surface area contributed by atoms with Crippen molar-refractivity contribution < 1.29 is 14.3 Å². The summed E-state index contributed by atoms with van der Waals surface area (Å²) < 4.78 is 5.32. The summed E-state index contributed by atoms with van der Waals surface area (Å²) in [5.41, 5.74) is 0.402. The van der Waals surface area contributed by atoms with E-state index in [2.05, 4.69) is 10.3 Å². The lowest BCUT2D eigenvalue weighted by Crippen LogP contribution is -2.42. The van der Waals surface area contributed by atoms with Crippen LogP contribution in [-0.2, 0) is 0 Å². The van der Waals surface area contributed by atoms with Crippen LogP contribution in [0, 0.1) is 5.92 Å². The van der Waals surface area contributed by atoms with Gasteiger partial charge in [0.05, 0.1) is 12.6 Å². The minimum absolute atomic E-state index is 0.00692. The second-order valence-electron chi connectivity index (χ2n) is 5.65. The van der Waals surface area contributed by atoms with Crippen LogP contribution in [0.25, 0.3) is 0 Å². The lowest BCUT2D eigenvalue weighted by Gasteiger charge is -2.22. The number of aromatic nitrogens is 1. The van der Waals surface area contributed by atoms with Crippen LogP contribution in [0.4, 0.5) is 0 Å². The number of carbonyl (C=O) groups is 1. The van der Waals surface area contributed by atoms with Crippen molar-refractivity contribution in [1.82, 2.24) is 10.3 Å². The normalized spacial score (nSPS) is 21.5. The molecule has 1 atom stereocenters. The zero-order chi connectivity index (χ0) is 13.2. The average molecular weight is 264 g/mol. The molecule has 0 aromatic carbocycles. The number of aliphatic hydroxyl groups is 1. The van der Waals surface area contributed by atoms with Gasteiger partial charge in [-0.3, -0.25) is 4.79 Å². The van der Waals surface area contributed by atoms with Gasteiger partial charge in [0, 0.05) is 5.92 Å². The maximum Gasteiger partial charge on any atom is 0.273 e. The fourth-order valence-electron chi connectivity index (χ4n) is 2.97. The van der Waals surface area contributed by atoms with E-state index in [0.717, 1.165) is 25.7 Å². The molecule has 1 heterocycles. The monoisotopic (exact) mass is 264 g/mol. The highest BCUT2D eigenvalue weighted by atomic mass is 16.3. The Hall–Kier alpha value is -1.36. The SMILES string of the molecule is O=C(N[C@@H](CO)C1CCCC1)c1ncoc1C1CC1. The van der Waals surface area contributed by atoms with Crippen molar-refractivity contribution in [1.29, 1.82) is 0 Å². The molecule has 2 aliphatic rings. The van der Waals surface area contributed by atoms with E-state index in [-0.39, 0.29) is 18.6 Å². The number of amides is 1. The number of rotatable bonds is 5. The molecule has 0 unspecified atom stereocenters. The van der Waals surface area contributed by atoms with Gasteiger partial charge < -0.3 is 14.8 Å². The van der Waals surface area contributed by atoms with Crippen molar-refractivity contribution in [2.45, 2.75) is 50.5 Å². The summed E-state index contributed by atoms with van der Waals surface area (Å²) in [6, 6.07) is -0.154. The first kappa shape index (κ1) is 12.7. The van der Waals surface area contributed by atoms with E-state index in [1.807, 2.05) is 0 Å². The quantitative estimate of drug-likeness (QED) is 0.850. The molecular weight excluding hydrogens is 244 g/mol. The van der Waals surface area contributed by atoms with Gasteiger partial charge in [-0.1, -0.05) is 12.8 Å². The van der Waals surface area contributed by atoms with Crippen LogP contribution in [0.2, 0.25) is 0 Å². The molecule has 1 amide bonds. The molecule has 5 nitrogen and oxygen atoms in total. The van der Waals surface area contributed by atoms with Gasteiger partial charge >= 0.3 is 0 Å². The molecule has 3 rings (SSSR count). The van der Waals surface area contributed by atoms with Crippen LogP contribution in [0.3, 0.4) is 0 Å². The molecule has 2 saturated carbocycles. The largest absolute Gasteiger partial charge is 0.447 e. The summed E-state index contributed by atoms with van der Waals surface area (Å²) in [4.78, 5) is 16.3. The van der Waals surface area contributed by atoms with Crippen LogP contribution in [-0.4, -0.2) is 28.6 Å². The number of oxazole rings is 1. The summed E-state index contributed by atoms with van der Waals surface area (Å²) in [7, 11) is 0. The van der Waals surface area contributed by atoms with Crippen molar-refractivity contribution in [3.63, 3.8) is 0 Å². The van der Waals surface area contributed by atoms with Gasteiger partial charge in [-0.25, -0.2) is 4.98 Å². The number of hydrogen-bond acceptors (Lipinski definition) is 4. The Labute approximate surface area is 112 Å². The van der Waals surface area contributed by atoms with E-state index < -0.39 is 0 Å². The molecule has 2 N–H and O–H groups in total. The van der Waals surface area contributed by atoms with Crippen molar-refractivity contribution in [2.75, 3.05) is 6.61 Å². The Morgan fingerprint density at radius 1 is 1.42 bits per heavy atom. The zero-order valence-corrected chi connectivity index (χ0v) is 11.0. The van der Waals surface area contributed by atoms with Gasteiger partial charge in [0.15, 0.2) is 12.1 Å². The molecule has 104 valence electrons. The summed E-state index contributed by atoms with van der Waals surface area (Å²) >= 11 is 0. The highest BCUT2D eigenvalue weighted by Gasteiger charge is 2.34. The highest BCUT2D eigenvalue weighted by Crippen LogP contribution is 2.41. The Morgan fingerprint density at radius 2 is 2.16 bits per heavy atom. The van der Waals surface area contributed by atoms with Crippen LogP contribution < -0.4 is 5.32 Å².